The number of pyridine rings is 1. The summed E-state index contributed by atoms with van der Waals surface area (Å²) in [6.07, 6.45) is 2.87. The fourth-order valence-electron chi connectivity index (χ4n) is 2.13. The van der Waals surface area contributed by atoms with Crippen molar-refractivity contribution in [2.75, 3.05) is 6.54 Å². The van der Waals surface area contributed by atoms with E-state index in [1.807, 2.05) is 18.2 Å². The van der Waals surface area contributed by atoms with Crippen molar-refractivity contribution in [3.63, 3.8) is 0 Å². The molecule has 1 N–H and O–H groups in total. The molecule has 1 fully saturated rings. The van der Waals surface area contributed by atoms with Crippen molar-refractivity contribution in [1.29, 1.82) is 0 Å². The topological polar surface area (TPSA) is 63.8 Å². The van der Waals surface area contributed by atoms with E-state index in [-0.39, 0.29) is 6.04 Å². The average molecular weight is 230 g/mol. The van der Waals surface area contributed by atoms with E-state index in [0.717, 1.165) is 18.7 Å². The third kappa shape index (κ3) is 1.93. The van der Waals surface area contributed by atoms with Gasteiger partial charge in [-0.15, -0.1) is 0 Å². The van der Waals surface area contributed by atoms with Gasteiger partial charge in [-0.2, -0.15) is 4.98 Å². The standard InChI is InChI=1S/C12H14N4O/c1-8-5-7-14-10(8)12-15-11(16-17-12)9-4-2-3-6-13-9/h2-4,6,8,10,14H,5,7H2,1H3. The third-order valence-electron chi connectivity index (χ3n) is 3.13. The van der Waals surface area contributed by atoms with E-state index in [2.05, 4.69) is 27.4 Å². The Labute approximate surface area is 99.3 Å². The van der Waals surface area contributed by atoms with Crippen LogP contribution < -0.4 is 5.32 Å². The van der Waals surface area contributed by atoms with Crippen molar-refractivity contribution in [2.45, 2.75) is 19.4 Å². The number of hydrogen-bond donors (Lipinski definition) is 1. The van der Waals surface area contributed by atoms with Gasteiger partial charge in [0.05, 0.1) is 6.04 Å². The van der Waals surface area contributed by atoms with Crippen molar-refractivity contribution in [3.05, 3.63) is 30.3 Å². The minimum absolute atomic E-state index is 0.181. The first-order valence-corrected chi connectivity index (χ1v) is 5.83. The van der Waals surface area contributed by atoms with E-state index in [1.54, 1.807) is 6.20 Å². The lowest BCUT2D eigenvalue weighted by atomic mass is 10.0. The van der Waals surface area contributed by atoms with Gasteiger partial charge in [0.25, 0.3) is 0 Å². The van der Waals surface area contributed by atoms with E-state index in [9.17, 15) is 0 Å². The Balaban J connectivity index is 1.88. The maximum absolute atomic E-state index is 5.31. The Morgan fingerprint density at radius 2 is 2.35 bits per heavy atom. The van der Waals surface area contributed by atoms with Gasteiger partial charge >= 0.3 is 0 Å². The molecule has 5 heteroatoms. The van der Waals surface area contributed by atoms with Crippen molar-refractivity contribution >= 4 is 0 Å². The zero-order chi connectivity index (χ0) is 11.7. The second kappa shape index (κ2) is 4.25. The van der Waals surface area contributed by atoms with E-state index in [0.29, 0.717) is 17.6 Å². The summed E-state index contributed by atoms with van der Waals surface area (Å²) < 4.78 is 5.31. The first-order chi connectivity index (χ1) is 8.34. The molecule has 3 heterocycles. The van der Waals surface area contributed by atoms with Gasteiger partial charge in [0.1, 0.15) is 5.69 Å². The van der Waals surface area contributed by atoms with Crippen LogP contribution in [0.5, 0.6) is 0 Å². The number of nitrogens with one attached hydrogen (secondary N) is 1. The Morgan fingerprint density at radius 3 is 3.06 bits per heavy atom. The molecule has 2 aromatic heterocycles. The molecule has 0 amide bonds. The number of nitrogens with zero attached hydrogens (tertiary/aromatic N) is 3. The zero-order valence-corrected chi connectivity index (χ0v) is 9.63. The van der Waals surface area contributed by atoms with Gasteiger partial charge in [-0.25, -0.2) is 0 Å². The minimum Gasteiger partial charge on any atom is -0.337 e. The van der Waals surface area contributed by atoms with Gasteiger partial charge < -0.3 is 9.84 Å². The molecule has 0 bridgehead atoms. The monoisotopic (exact) mass is 230 g/mol. The molecule has 1 aliphatic heterocycles. The molecule has 0 spiro atoms. The summed E-state index contributed by atoms with van der Waals surface area (Å²) in [6.45, 7) is 3.20. The average Bonchev–Trinajstić information content (AvgIpc) is 2.98. The lowest BCUT2D eigenvalue weighted by Gasteiger charge is -2.08. The normalized spacial score (nSPS) is 24.1. The van der Waals surface area contributed by atoms with Crippen LogP contribution >= 0.6 is 0 Å². The van der Waals surface area contributed by atoms with Gasteiger partial charge in [-0.1, -0.05) is 18.1 Å². The maximum Gasteiger partial charge on any atom is 0.244 e. The summed E-state index contributed by atoms with van der Waals surface area (Å²) in [5.74, 6) is 1.75. The molecule has 17 heavy (non-hydrogen) atoms. The second-order valence-electron chi connectivity index (χ2n) is 4.37. The Hall–Kier alpha value is -1.75. The first-order valence-electron chi connectivity index (χ1n) is 5.83. The van der Waals surface area contributed by atoms with Gasteiger partial charge in [0.2, 0.25) is 11.7 Å². The van der Waals surface area contributed by atoms with Crippen LogP contribution in [0.1, 0.15) is 25.3 Å². The van der Waals surface area contributed by atoms with Crippen LogP contribution in [0.2, 0.25) is 0 Å². The minimum atomic E-state index is 0.181. The zero-order valence-electron chi connectivity index (χ0n) is 9.63. The highest BCUT2D eigenvalue weighted by molar-refractivity contribution is 5.47. The Morgan fingerprint density at radius 1 is 1.41 bits per heavy atom. The smallest absolute Gasteiger partial charge is 0.244 e. The lowest BCUT2D eigenvalue weighted by Crippen LogP contribution is -2.16. The van der Waals surface area contributed by atoms with Crippen molar-refractivity contribution in [2.24, 2.45) is 5.92 Å². The predicted molar refractivity (Wildman–Crippen MR) is 62.1 cm³/mol. The van der Waals surface area contributed by atoms with Gasteiger partial charge in [-0.3, -0.25) is 4.98 Å². The largest absolute Gasteiger partial charge is 0.337 e. The summed E-state index contributed by atoms with van der Waals surface area (Å²) in [6, 6.07) is 5.83. The summed E-state index contributed by atoms with van der Waals surface area (Å²) in [5.41, 5.74) is 0.744. The van der Waals surface area contributed by atoms with Gasteiger partial charge in [0.15, 0.2) is 0 Å². The molecular formula is C12H14N4O. The fourth-order valence-corrected chi connectivity index (χ4v) is 2.13. The quantitative estimate of drug-likeness (QED) is 0.852. The summed E-state index contributed by atoms with van der Waals surface area (Å²) in [7, 11) is 0. The van der Waals surface area contributed by atoms with E-state index < -0.39 is 0 Å². The molecule has 2 atom stereocenters. The molecule has 0 aromatic carbocycles. The highest BCUT2D eigenvalue weighted by atomic mass is 16.5. The van der Waals surface area contributed by atoms with Crippen molar-refractivity contribution in [1.82, 2.24) is 20.4 Å². The Bertz CT molecular complexity index is 496. The number of rotatable bonds is 2. The van der Waals surface area contributed by atoms with Crippen LogP contribution in [-0.4, -0.2) is 21.7 Å². The van der Waals surface area contributed by atoms with Crippen molar-refractivity contribution < 1.29 is 4.52 Å². The first kappa shape index (κ1) is 10.4. The molecule has 2 aromatic rings. The predicted octanol–water partition coefficient (Wildman–Crippen LogP) is 1.80. The SMILES string of the molecule is CC1CCNC1c1nc(-c2ccccn2)no1. The molecule has 0 saturated carbocycles. The summed E-state index contributed by atoms with van der Waals surface area (Å²) in [5, 5.41) is 7.35. The van der Waals surface area contributed by atoms with Crippen LogP contribution in [0.15, 0.2) is 28.9 Å². The van der Waals surface area contributed by atoms with Crippen LogP contribution in [0.25, 0.3) is 11.5 Å². The highest BCUT2D eigenvalue weighted by Gasteiger charge is 2.29. The molecular weight excluding hydrogens is 216 g/mol. The van der Waals surface area contributed by atoms with Crippen molar-refractivity contribution in [3.8, 4) is 11.5 Å². The van der Waals surface area contributed by atoms with E-state index in [1.165, 1.54) is 0 Å². The molecule has 1 saturated heterocycles. The number of hydrogen-bond acceptors (Lipinski definition) is 5. The van der Waals surface area contributed by atoms with Crippen LogP contribution in [-0.2, 0) is 0 Å². The van der Waals surface area contributed by atoms with E-state index in [4.69, 9.17) is 4.52 Å². The van der Waals surface area contributed by atoms with Gasteiger partial charge in [-0.05, 0) is 31.0 Å². The molecule has 3 rings (SSSR count). The lowest BCUT2D eigenvalue weighted by molar-refractivity contribution is 0.319. The van der Waals surface area contributed by atoms with Crippen LogP contribution in [0, 0.1) is 5.92 Å². The summed E-state index contributed by atoms with van der Waals surface area (Å²) in [4.78, 5) is 8.61. The number of aromatic nitrogens is 3. The fraction of sp³-hybridized carbons (Fsp3) is 0.417. The molecule has 2 unspecified atom stereocenters. The molecule has 88 valence electrons. The second-order valence-corrected chi connectivity index (χ2v) is 4.37. The third-order valence-corrected chi connectivity index (χ3v) is 3.13. The molecule has 5 nitrogen and oxygen atoms in total. The molecule has 0 aliphatic carbocycles. The molecule has 1 aliphatic rings. The molecule has 0 radical (unpaired) electrons. The Kier molecular flexibility index (Phi) is 2.60. The van der Waals surface area contributed by atoms with Gasteiger partial charge in [0, 0.05) is 6.20 Å². The highest BCUT2D eigenvalue weighted by Crippen LogP contribution is 2.28. The summed E-state index contributed by atoms with van der Waals surface area (Å²) >= 11 is 0. The van der Waals surface area contributed by atoms with Crippen LogP contribution in [0.3, 0.4) is 0 Å². The van der Waals surface area contributed by atoms with E-state index >= 15 is 0 Å². The van der Waals surface area contributed by atoms with Crippen LogP contribution in [0.4, 0.5) is 0 Å². The maximum atomic E-state index is 5.31.